The Labute approximate surface area is 199 Å². The number of hydrogen-bond donors (Lipinski definition) is 2. The number of hydrogen-bond acceptors (Lipinski definition) is 5. The van der Waals surface area contributed by atoms with Crippen molar-refractivity contribution in [3.8, 4) is 5.75 Å². The van der Waals surface area contributed by atoms with E-state index in [9.17, 15) is 9.59 Å². The van der Waals surface area contributed by atoms with Crippen molar-refractivity contribution < 1.29 is 19.1 Å². The predicted octanol–water partition coefficient (Wildman–Crippen LogP) is 3.83. The summed E-state index contributed by atoms with van der Waals surface area (Å²) in [6.45, 7) is 2.97. The molecule has 1 saturated heterocycles. The first-order valence-electron chi connectivity index (χ1n) is 11.4. The van der Waals surface area contributed by atoms with E-state index in [1.165, 1.54) is 5.56 Å². The van der Waals surface area contributed by atoms with Crippen LogP contribution >= 0.6 is 0 Å². The van der Waals surface area contributed by atoms with Gasteiger partial charge in [0, 0.05) is 36.4 Å². The number of rotatable bonds is 9. The second-order valence-electron chi connectivity index (χ2n) is 8.00. The van der Waals surface area contributed by atoms with E-state index < -0.39 is 0 Å². The number of benzene rings is 3. The zero-order chi connectivity index (χ0) is 23.6. The van der Waals surface area contributed by atoms with Gasteiger partial charge in [0.2, 0.25) is 5.91 Å². The Morgan fingerprint density at radius 3 is 2.41 bits per heavy atom. The fourth-order valence-electron chi connectivity index (χ4n) is 3.67. The summed E-state index contributed by atoms with van der Waals surface area (Å²) >= 11 is 0. The molecule has 1 fully saturated rings. The normalized spacial score (nSPS) is 13.2. The summed E-state index contributed by atoms with van der Waals surface area (Å²) in [4.78, 5) is 26.8. The fourth-order valence-corrected chi connectivity index (χ4v) is 3.67. The van der Waals surface area contributed by atoms with E-state index in [1.807, 2.05) is 42.5 Å². The standard InChI is InChI=1S/C27H29N3O4/c31-26(29-24-8-4-7-22(19-24)27(32)30-14-17-33-18-15-30)20-28-23-9-11-25(12-10-23)34-16-13-21-5-2-1-3-6-21/h1-12,19,28H,13-18,20H2,(H,29,31). The Bertz CT molecular complexity index is 1080. The minimum absolute atomic E-state index is 0.0522. The summed E-state index contributed by atoms with van der Waals surface area (Å²) in [5.74, 6) is 0.537. The Hall–Kier alpha value is -3.84. The molecule has 7 heteroatoms. The van der Waals surface area contributed by atoms with Crippen molar-refractivity contribution in [1.82, 2.24) is 4.90 Å². The maximum Gasteiger partial charge on any atom is 0.254 e. The number of carbonyl (C=O) groups is 2. The van der Waals surface area contributed by atoms with Gasteiger partial charge in [0.05, 0.1) is 26.4 Å². The second kappa shape index (κ2) is 11.9. The van der Waals surface area contributed by atoms with Crippen molar-refractivity contribution in [2.24, 2.45) is 0 Å². The summed E-state index contributed by atoms with van der Waals surface area (Å²) < 4.78 is 11.1. The lowest BCUT2D eigenvalue weighted by atomic mass is 10.1. The third-order valence-electron chi connectivity index (χ3n) is 5.50. The lowest BCUT2D eigenvalue weighted by Crippen LogP contribution is -2.40. The molecule has 0 aliphatic carbocycles. The first kappa shape index (κ1) is 23.3. The van der Waals surface area contributed by atoms with Crippen LogP contribution in [0.4, 0.5) is 11.4 Å². The van der Waals surface area contributed by atoms with Gasteiger partial charge in [-0.3, -0.25) is 9.59 Å². The summed E-state index contributed by atoms with van der Waals surface area (Å²) in [7, 11) is 0. The SMILES string of the molecule is O=C(CNc1ccc(OCCc2ccccc2)cc1)Nc1cccc(C(=O)N2CCOCC2)c1. The molecule has 3 aromatic rings. The molecule has 176 valence electrons. The minimum atomic E-state index is -0.195. The van der Waals surface area contributed by atoms with Crippen LogP contribution in [-0.2, 0) is 16.0 Å². The molecule has 1 aliphatic rings. The van der Waals surface area contributed by atoms with Crippen LogP contribution in [0, 0.1) is 0 Å². The molecule has 0 bridgehead atoms. The van der Waals surface area contributed by atoms with E-state index >= 15 is 0 Å². The highest BCUT2D eigenvalue weighted by Gasteiger charge is 2.18. The lowest BCUT2D eigenvalue weighted by molar-refractivity contribution is -0.114. The molecule has 2 amide bonds. The predicted molar refractivity (Wildman–Crippen MR) is 132 cm³/mol. The average molecular weight is 460 g/mol. The van der Waals surface area contributed by atoms with Gasteiger partial charge in [-0.25, -0.2) is 0 Å². The minimum Gasteiger partial charge on any atom is -0.493 e. The fraction of sp³-hybridized carbons (Fsp3) is 0.259. The molecule has 1 heterocycles. The van der Waals surface area contributed by atoms with Crippen molar-refractivity contribution in [1.29, 1.82) is 0 Å². The molecule has 3 aromatic carbocycles. The van der Waals surface area contributed by atoms with Gasteiger partial charge in [0.25, 0.3) is 5.91 Å². The number of nitrogens with one attached hydrogen (secondary N) is 2. The third-order valence-corrected chi connectivity index (χ3v) is 5.50. The smallest absolute Gasteiger partial charge is 0.254 e. The third kappa shape index (κ3) is 6.83. The second-order valence-corrected chi connectivity index (χ2v) is 8.00. The molecular formula is C27H29N3O4. The van der Waals surface area contributed by atoms with Crippen LogP contribution in [0.15, 0.2) is 78.9 Å². The zero-order valence-electron chi connectivity index (χ0n) is 19.0. The van der Waals surface area contributed by atoms with Gasteiger partial charge in [0.1, 0.15) is 5.75 Å². The maximum absolute atomic E-state index is 12.6. The van der Waals surface area contributed by atoms with E-state index in [4.69, 9.17) is 9.47 Å². The molecule has 0 unspecified atom stereocenters. The van der Waals surface area contributed by atoms with E-state index in [-0.39, 0.29) is 18.4 Å². The summed E-state index contributed by atoms with van der Waals surface area (Å²) in [6, 6.07) is 24.7. The Kier molecular flexibility index (Phi) is 8.13. The van der Waals surface area contributed by atoms with Gasteiger partial charge < -0.3 is 25.0 Å². The van der Waals surface area contributed by atoms with Crippen LogP contribution in [-0.4, -0.2) is 56.2 Å². The molecule has 0 atom stereocenters. The lowest BCUT2D eigenvalue weighted by Gasteiger charge is -2.27. The topological polar surface area (TPSA) is 79.9 Å². The largest absolute Gasteiger partial charge is 0.493 e. The van der Waals surface area contributed by atoms with Gasteiger partial charge in [-0.15, -0.1) is 0 Å². The Morgan fingerprint density at radius 1 is 0.882 bits per heavy atom. The maximum atomic E-state index is 12.6. The van der Waals surface area contributed by atoms with Crippen molar-refractivity contribution in [2.45, 2.75) is 6.42 Å². The highest BCUT2D eigenvalue weighted by molar-refractivity contribution is 5.98. The number of nitrogens with zero attached hydrogens (tertiary/aromatic N) is 1. The molecule has 0 spiro atoms. The van der Waals surface area contributed by atoms with E-state index in [0.29, 0.717) is 44.2 Å². The molecular weight excluding hydrogens is 430 g/mol. The summed E-state index contributed by atoms with van der Waals surface area (Å²) in [5, 5.41) is 5.95. The number of carbonyl (C=O) groups excluding carboxylic acids is 2. The number of anilines is 2. The monoisotopic (exact) mass is 459 g/mol. The molecule has 4 rings (SSSR count). The number of amides is 2. The Balaban J connectivity index is 1.22. The van der Waals surface area contributed by atoms with Gasteiger partial charge in [-0.2, -0.15) is 0 Å². The van der Waals surface area contributed by atoms with Gasteiger partial charge in [0.15, 0.2) is 0 Å². The highest BCUT2D eigenvalue weighted by atomic mass is 16.5. The first-order valence-corrected chi connectivity index (χ1v) is 11.4. The van der Waals surface area contributed by atoms with Crippen LogP contribution < -0.4 is 15.4 Å². The molecule has 0 aromatic heterocycles. The Morgan fingerprint density at radius 2 is 1.65 bits per heavy atom. The molecule has 0 saturated carbocycles. The molecule has 1 aliphatic heterocycles. The van der Waals surface area contributed by atoms with Gasteiger partial charge in [-0.1, -0.05) is 36.4 Å². The van der Waals surface area contributed by atoms with Gasteiger partial charge >= 0.3 is 0 Å². The molecule has 34 heavy (non-hydrogen) atoms. The summed E-state index contributed by atoms with van der Waals surface area (Å²) in [6.07, 6.45) is 0.847. The molecule has 7 nitrogen and oxygen atoms in total. The van der Waals surface area contributed by atoms with E-state index in [2.05, 4.69) is 22.8 Å². The van der Waals surface area contributed by atoms with Crippen LogP contribution in [0.3, 0.4) is 0 Å². The van der Waals surface area contributed by atoms with Crippen LogP contribution in [0.25, 0.3) is 0 Å². The molecule has 2 N–H and O–H groups in total. The van der Waals surface area contributed by atoms with Gasteiger partial charge in [-0.05, 0) is 48.0 Å². The van der Waals surface area contributed by atoms with E-state index in [0.717, 1.165) is 17.9 Å². The number of morpholine rings is 1. The molecule has 0 radical (unpaired) electrons. The average Bonchev–Trinajstić information content (AvgIpc) is 2.89. The van der Waals surface area contributed by atoms with Crippen LogP contribution in [0.5, 0.6) is 5.75 Å². The van der Waals surface area contributed by atoms with Crippen molar-refractivity contribution >= 4 is 23.2 Å². The van der Waals surface area contributed by atoms with E-state index in [1.54, 1.807) is 29.2 Å². The zero-order valence-corrected chi connectivity index (χ0v) is 19.0. The quantitative estimate of drug-likeness (QED) is 0.508. The van der Waals surface area contributed by atoms with Crippen molar-refractivity contribution in [3.05, 3.63) is 90.0 Å². The van der Waals surface area contributed by atoms with Crippen LogP contribution in [0.2, 0.25) is 0 Å². The highest BCUT2D eigenvalue weighted by Crippen LogP contribution is 2.17. The number of ether oxygens (including phenoxy) is 2. The first-order chi connectivity index (χ1) is 16.7. The van der Waals surface area contributed by atoms with Crippen LogP contribution in [0.1, 0.15) is 15.9 Å². The van der Waals surface area contributed by atoms with Crippen molar-refractivity contribution in [3.63, 3.8) is 0 Å². The van der Waals surface area contributed by atoms with Crippen molar-refractivity contribution in [2.75, 3.05) is 50.1 Å². The summed E-state index contributed by atoms with van der Waals surface area (Å²) in [5.41, 5.74) is 3.20.